The van der Waals surface area contributed by atoms with E-state index in [1.54, 1.807) is 0 Å². The summed E-state index contributed by atoms with van der Waals surface area (Å²) in [6, 6.07) is 0. The maximum absolute atomic E-state index is 12.2. The predicted octanol–water partition coefficient (Wildman–Crippen LogP) is -3.40. The van der Waals surface area contributed by atoms with Crippen molar-refractivity contribution >= 4 is 0 Å². The summed E-state index contributed by atoms with van der Waals surface area (Å²) in [5.74, 6) is -1.40. The summed E-state index contributed by atoms with van der Waals surface area (Å²) >= 11 is 0. The minimum Gasteiger partial charge on any atom is -0.394 e. The summed E-state index contributed by atoms with van der Waals surface area (Å²) in [6.07, 6.45) is -24.3. The Hall–Kier alpha value is -1.18. The molecule has 4 aliphatic carbocycles. The van der Waals surface area contributed by atoms with Crippen molar-refractivity contribution in [1.82, 2.24) is 0 Å². The standard InChI is InChI=1S/C50H82O23/c1-19(17-65-44-40(62)38(60)35(57)29(15-51)68-44)8-11-50(64)20(2)32-28(73-50)14-26-24-7-6-22-12-23(53)13-31(49(22,5)25(24)9-10-48(26,32)4)70-47-43(72-46-41(63)37(59)33(55)21(3)67-46)42(36(58)30(16-52)69-47)71-45-39(61)34(56)27(54)18-66-45/h6,19-21,23-47,51-64H,7-18H2,1-5H3/t19-,20-,21-,23+,24+,25-,26-,27+,28-,29+,30+,31+,32-,33-,34-,35+,36+,37+,38-,39+,40+,41+,42-,43+,44+,45-,46-,47-,48-,49-,50-/m0/s1. The van der Waals surface area contributed by atoms with E-state index in [4.69, 9.17) is 42.6 Å². The molecule has 9 rings (SSSR count). The number of fused-ring (bicyclic) bond motifs is 7. The lowest BCUT2D eigenvalue weighted by atomic mass is 9.46. The summed E-state index contributed by atoms with van der Waals surface area (Å²) in [6.45, 7) is 8.23. The Morgan fingerprint density at radius 3 is 2.05 bits per heavy atom. The van der Waals surface area contributed by atoms with E-state index in [2.05, 4.69) is 26.8 Å². The molecule has 420 valence electrons. The molecule has 0 spiro atoms. The summed E-state index contributed by atoms with van der Waals surface area (Å²) in [7, 11) is 0. The number of hydrogen-bond donors (Lipinski definition) is 14. The van der Waals surface area contributed by atoms with Crippen LogP contribution >= 0.6 is 0 Å². The van der Waals surface area contributed by atoms with E-state index in [0.29, 0.717) is 25.7 Å². The summed E-state index contributed by atoms with van der Waals surface area (Å²) in [5.41, 5.74) is 0.0766. The molecule has 14 N–H and O–H groups in total. The third kappa shape index (κ3) is 10.0. The van der Waals surface area contributed by atoms with E-state index in [-0.39, 0.29) is 60.1 Å². The van der Waals surface area contributed by atoms with Crippen LogP contribution in [0.1, 0.15) is 86.0 Å². The van der Waals surface area contributed by atoms with Crippen LogP contribution in [0.15, 0.2) is 11.6 Å². The van der Waals surface area contributed by atoms with Gasteiger partial charge < -0.3 is 114 Å². The van der Waals surface area contributed by atoms with Crippen LogP contribution in [0.25, 0.3) is 0 Å². The van der Waals surface area contributed by atoms with Crippen molar-refractivity contribution in [3.8, 4) is 0 Å². The zero-order valence-corrected chi connectivity index (χ0v) is 42.2. The van der Waals surface area contributed by atoms with E-state index in [1.165, 1.54) is 6.92 Å². The number of aliphatic hydroxyl groups excluding tert-OH is 13. The normalized spacial score (nSPS) is 55.5. The molecule has 0 radical (unpaired) electrons. The highest BCUT2D eigenvalue weighted by Crippen LogP contribution is 2.70. The lowest BCUT2D eigenvalue weighted by Crippen LogP contribution is -2.67. The van der Waals surface area contributed by atoms with Crippen molar-refractivity contribution in [2.24, 2.45) is 46.3 Å². The van der Waals surface area contributed by atoms with Crippen LogP contribution in [0.2, 0.25) is 0 Å². The molecule has 0 bridgehead atoms. The largest absolute Gasteiger partial charge is 0.394 e. The highest BCUT2D eigenvalue weighted by atomic mass is 16.8. The van der Waals surface area contributed by atoms with Gasteiger partial charge in [0.15, 0.2) is 30.9 Å². The first-order valence-electron chi connectivity index (χ1n) is 26.4. The minimum atomic E-state index is -1.82. The fourth-order valence-corrected chi connectivity index (χ4v) is 14.8. The number of aliphatic hydroxyl groups is 14. The Morgan fingerprint density at radius 1 is 0.699 bits per heavy atom. The van der Waals surface area contributed by atoms with Crippen molar-refractivity contribution in [3.63, 3.8) is 0 Å². The Labute approximate surface area is 424 Å². The van der Waals surface area contributed by atoms with E-state index in [9.17, 15) is 71.5 Å². The number of ether oxygens (including phenoxy) is 9. The first-order valence-corrected chi connectivity index (χ1v) is 26.4. The molecule has 5 heterocycles. The molecule has 31 atom stereocenters. The molecule has 0 unspecified atom stereocenters. The lowest BCUT2D eigenvalue weighted by molar-refractivity contribution is -0.393. The van der Waals surface area contributed by atoms with Crippen molar-refractivity contribution < 1.29 is 114 Å². The van der Waals surface area contributed by atoms with Crippen molar-refractivity contribution in [2.75, 3.05) is 26.4 Å². The second-order valence-electron chi connectivity index (χ2n) is 23.5. The molecule has 23 nitrogen and oxygen atoms in total. The predicted molar refractivity (Wildman–Crippen MR) is 246 cm³/mol. The molecule has 23 heteroatoms. The summed E-state index contributed by atoms with van der Waals surface area (Å²) in [4.78, 5) is 0. The van der Waals surface area contributed by atoms with Crippen molar-refractivity contribution in [3.05, 3.63) is 11.6 Å². The molecule has 8 fully saturated rings. The van der Waals surface area contributed by atoms with Gasteiger partial charge in [-0.2, -0.15) is 0 Å². The second kappa shape index (κ2) is 21.8. The molecular weight excluding hydrogens is 969 g/mol. The molecule has 0 aromatic rings. The van der Waals surface area contributed by atoms with Gasteiger partial charge >= 0.3 is 0 Å². The van der Waals surface area contributed by atoms with Gasteiger partial charge in [0.25, 0.3) is 0 Å². The molecule has 73 heavy (non-hydrogen) atoms. The van der Waals surface area contributed by atoms with E-state index >= 15 is 0 Å². The highest BCUT2D eigenvalue weighted by molar-refractivity contribution is 5.29. The topological polar surface area (TPSA) is 366 Å². The van der Waals surface area contributed by atoms with Gasteiger partial charge in [-0.05, 0) is 80.5 Å². The van der Waals surface area contributed by atoms with Crippen LogP contribution in [0.3, 0.4) is 0 Å². The monoisotopic (exact) mass is 1050 g/mol. The number of hydrogen-bond acceptors (Lipinski definition) is 23. The zero-order valence-electron chi connectivity index (χ0n) is 42.2. The second-order valence-corrected chi connectivity index (χ2v) is 23.5. The smallest absolute Gasteiger partial charge is 0.187 e. The first-order chi connectivity index (χ1) is 34.5. The third-order valence-corrected chi connectivity index (χ3v) is 19.2. The van der Waals surface area contributed by atoms with Gasteiger partial charge in [0, 0.05) is 24.2 Å². The van der Waals surface area contributed by atoms with Crippen LogP contribution in [0.5, 0.6) is 0 Å². The Kier molecular flexibility index (Phi) is 16.9. The molecule has 5 aliphatic heterocycles. The number of rotatable bonds is 14. The summed E-state index contributed by atoms with van der Waals surface area (Å²) < 4.78 is 55.2. The number of allylic oxidation sites excluding steroid dienone is 1. The van der Waals surface area contributed by atoms with Crippen LogP contribution in [-0.4, -0.2) is 239 Å². The summed E-state index contributed by atoms with van der Waals surface area (Å²) in [5, 5.41) is 150. The molecule has 9 aliphatic rings. The molecule has 0 aromatic carbocycles. The van der Waals surface area contributed by atoms with E-state index in [0.717, 1.165) is 24.8 Å². The SMILES string of the molecule is C[C@@H](CC[C@]1(O)O[C@H]2C[C@H]3[C@@H]4CC=C5C[C@@H](O)C[C@@H](O[C@@H]6O[C@H](CO)[C@@H](O)[C@H](O[C@@H]7OC[C@@H](O)[C@H](O)[C@H]7O)[C@H]6O[C@@H]6O[C@@H](C)[C@H](O)[C@@H](O)[C@H]6O)[C@]5(C)[C@H]4CC[C@]3(C)[C@H]2[C@@H]1C)CO[C@@H]1O[C@H](CO)[C@@H](O)[C@H](O)[C@H]1O. The van der Waals surface area contributed by atoms with Crippen molar-refractivity contribution in [2.45, 2.75) is 227 Å². The van der Waals surface area contributed by atoms with E-state index in [1.807, 2.05) is 6.92 Å². The van der Waals surface area contributed by atoms with Crippen LogP contribution in [-0.2, 0) is 42.6 Å². The van der Waals surface area contributed by atoms with Gasteiger partial charge in [0.2, 0.25) is 0 Å². The van der Waals surface area contributed by atoms with Gasteiger partial charge in [-0.1, -0.05) is 39.3 Å². The molecule has 0 aromatic heterocycles. The Morgan fingerprint density at radius 2 is 1.34 bits per heavy atom. The van der Waals surface area contributed by atoms with Gasteiger partial charge in [0.1, 0.15) is 85.5 Å². The molecule has 3 saturated carbocycles. The quantitative estimate of drug-likeness (QED) is 0.0754. The van der Waals surface area contributed by atoms with Crippen LogP contribution in [0.4, 0.5) is 0 Å². The van der Waals surface area contributed by atoms with Crippen LogP contribution < -0.4 is 0 Å². The van der Waals surface area contributed by atoms with E-state index < -0.39 is 160 Å². The Balaban J connectivity index is 0.923. The Bertz CT molecular complexity index is 1900. The van der Waals surface area contributed by atoms with Crippen LogP contribution in [0, 0.1) is 46.3 Å². The first kappa shape index (κ1) is 56.5. The fourth-order valence-electron chi connectivity index (χ4n) is 14.8. The molecule has 0 amide bonds. The maximum Gasteiger partial charge on any atom is 0.187 e. The van der Waals surface area contributed by atoms with Crippen molar-refractivity contribution in [1.29, 1.82) is 0 Å². The van der Waals surface area contributed by atoms with Gasteiger partial charge in [-0.3, -0.25) is 0 Å². The third-order valence-electron chi connectivity index (χ3n) is 19.2. The lowest BCUT2D eigenvalue weighted by Gasteiger charge is -2.60. The molecular formula is C50H82O23. The zero-order chi connectivity index (χ0) is 52.8. The van der Waals surface area contributed by atoms with Gasteiger partial charge in [-0.15, -0.1) is 0 Å². The molecule has 5 saturated heterocycles. The van der Waals surface area contributed by atoms with Gasteiger partial charge in [0.05, 0.1) is 50.8 Å². The average molecular weight is 1050 g/mol. The minimum absolute atomic E-state index is 0.0227. The fraction of sp³-hybridized carbons (Fsp3) is 0.960. The maximum atomic E-state index is 12.2. The van der Waals surface area contributed by atoms with Gasteiger partial charge in [-0.25, -0.2) is 0 Å². The average Bonchev–Trinajstić information content (AvgIpc) is 3.80. The highest BCUT2D eigenvalue weighted by Gasteiger charge is 2.69.